The van der Waals surface area contributed by atoms with Gasteiger partial charge in [0.15, 0.2) is 0 Å². The van der Waals surface area contributed by atoms with Gasteiger partial charge in [0.2, 0.25) is 0 Å². The van der Waals surface area contributed by atoms with Gasteiger partial charge in [-0.1, -0.05) is 11.6 Å². The van der Waals surface area contributed by atoms with E-state index in [1.54, 1.807) is 30.5 Å². The van der Waals surface area contributed by atoms with E-state index in [1.165, 1.54) is 11.3 Å². The highest BCUT2D eigenvalue weighted by Crippen LogP contribution is 2.33. The Hall–Kier alpha value is -2.11. The molecule has 0 saturated carbocycles. The van der Waals surface area contributed by atoms with Gasteiger partial charge in [0.25, 0.3) is 5.91 Å². The maximum atomic E-state index is 12.3. The number of rotatable bonds is 2. The molecule has 6 heteroatoms. The number of fused-ring (bicyclic) bond motifs is 1. The Balaban J connectivity index is 1.94. The van der Waals surface area contributed by atoms with Crippen LogP contribution in [-0.2, 0) is 0 Å². The molecule has 0 fully saturated rings. The van der Waals surface area contributed by atoms with E-state index in [4.69, 9.17) is 17.3 Å². The quantitative estimate of drug-likeness (QED) is 0.748. The van der Waals surface area contributed by atoms with Crippen LogP contribution in [-0.4, -0.2) is 10.9 Å². The lowest BCUT2D eigenvalue weighted by atomic mass is 10.2. The van der Waals surface area contributed by atoms with Gasteiger partial charge in [0, 0.05) is 22.3 Å². The fourth-order valence-electron chi connectivity index (χ4n) is 1.99. The zero-order chi connectivity index (χ0) is 15.0. The second-order valence-electron chi connectivity index (χ2n) is 4.67. The van der Waals surface area contributed by atoms with Gasteiger partial charge in [-0.2, -0.15) is 0 Å². The molecule has 0 saturated heterocycles. The maximum Gasteiger partial charge on any atom is 0.267 e. The van der Waals surface area contributed by atoms with Crippen LogP contribution < -0.4 is 11.1 Å². The van der Waals surface area contributed by atoms with Crippen molar-refractivity contribution in [2.24, 2.45) is 0 Å². The molecule has 2 heterocycles. The minimum atomic E-state index is -0.240. The fraction of sp³-hybridized carbons (Fsp3) is 0.0667. The Morgan fingerprint density at radius 3 is 2.76 bits per heavy atom. The van der Waals surface area contributed by atoms with E-state index in [0.29, 0.717) is 21.3 Å². The summed E-state index contributed by atoms with van der Waals surface area (Å²) in [5.41, 5.74) is 8.23. The number of hydrogen-bond acceptors (Lipinski definition) is 4. The second-order valence-corrected chi connectivity index (χ2v) is 6.11. The molecule has 3 rings (SSSR count). The third-order valence-corrected chi connectivity index (χ3v) is 4.41. The van der Waals surface area contributed by atoms with Gasteiger partial charge < -0.3 is 11.1 Å². The topological polar surface area (TPSA) is 68.0 Å². The molecule has 3 N–H and O–H groups in total. The number of anilines is 2. The van der Waals surface area contributed by atoms with E-state index < -0.39 is 0 Å². The van der Waals surface area contributed by atoms with E-state index in [-0.39, 0.29) is 5.91 Å². The number of nitrogens with two attached hydrogens (primary N) is 1. The lowest BCUT2D eigenvalue weighted by Gasteiger charge is -2.04. The van der Waals surface area contributed by atoms with E-state index in [9.17, 15) is 4.79 Å². The summed E-state index contributed by atoms with van der Waals surface area (Å²) in [6.45, 7) is 1.94. The van der Waals surface area contributed by atoms with Crippen LogP contribution in [0, 0.1) is 6.92 Å². The molecule has 2 aromatic heterocycles. The van der Waals surface area contributed by atoms with Crippen molar-refractivity contribution < 1.29 is 4.79 Å². The normalized spacial score (nSPS) is 10.8. The number of nitrogens with zero attached hydrogens (tertiary/aromatic N) is 1. The third kappa shape index (κ3) is 2.70. The van der Waals surface area contributed by atoms with Gasteiger partial charge in [-0.3, -0.25) is 4.79 Å². The zero-order valence-corrected chi connectivity index (χ0v) is 12.8. The van der Waals surface area contributed by atoms with Gasteiger partial charge >= 0.3 is 0 Å². The Morgan fingerprint density at radius 2 is 2.05 bits per heavy atom. The molecule has 0 aliphatic carbocycles. The van der Waals surface area contributed by atoms with Crippen molar-refractivity contribution in [2.45, 2.75) is 6.92 Å². The van der Waals surface area contributed by atoms with Crippen LogP contribution in [0.5, 0.6) is 0 Å². The Labute approximate surface area is 130 Å². The van der Waals surface area contributed by atoms with Crippen molar-refractivity contribution in [3.8, 4) is 0 Å². The summed E-state index contributed by atoms with van der Waals surface area (Å²) < 4.78 is 0. The molecule has 0 unspecified atom stereocenters. The number of thiophene rings is 1. The SMILES string of the molecule is Cc1cnc2sc(C(=O)Nc3ccc(Cl)cc3)c(N)c2c1. The number of halogens is 1. The highest BCUT2D eigenvalue weighted by molar-refractivity contribution is 7.21. The molecular weight excluding hydrogens is 306 g/mol. The number of carbonyl (C=O) groups excluding carboxylic acids is 1. The predicted octanol–water partition coefficient (Wildman–Crippen LogP) is 4.09. The summed E-state index contributed by atoms with van der Waals surface area (Å²) in [4.78, 5) is 17.9. The van der Waals surface area contributed by atoms with Gasteiger partial charge in [-0.05, 0) is 42.8 Å². The van der Waals surface area contributed by atoms with E-state index in [1.807, 2.05) is 13.0 Å². The summed E-state index contributed by atoms with van der Waals surface area (Å²) >= 11 is 7.11. The maximum absolute atomic E-state index is 12.3. The number of amides is 1. The fourth-order valence-corrected chi connectivity index (χ4v) is 3.06. The van der Waals surface area contributed by atoms with Crippen LogP contribution in [0.1, 0.15) is 15.2 Å². The van der Waals surface area contributed by atoms with E-state index in [0.717, 1.165) is 15.8 Å². The lowest BCUT2D eigenvalue weighted by molar-refractivity contribution is 0.103. The molecule has 4 nitrogen and oxygen atoms in total. The van der Waals surface area contributed by atoms with Crippen molar-refractivity contribution in [1.82, 2.24) is 4.98 Å². The number of carbonyl (C=O) groups is 1. The van der Waals surface area contributed by atoms with Crippen LogP contribution in [0.25, 0.3) is 10.2 Å². The first kappa shape index (κ1) is 13.9. The van der Waals surface area contributed by atoms with Crippen molar-refractivity contribution in [2.75, 3.05) is 11.1 Å². The summed E-state index contributed by atoms with van der Waals surface area (Å²) in [6.07, 6.45) is 1.76. The highest BCUT2D eigenvalue weighted by Gasteiger charge is 2.17. The Morgan fingerprint density at radius 1 is 1.33 bits per heavy atom. The summed E-state index contributed by atoms with van der Waals surface area (Å²) in [6, 6.07) is 8.86. The third-order valence-electron chi connectivity index (χ3n) is 3.03. The molecule has 106 valence electrons. The van der Waals surface area contributed by atoms with Crippen LogP contribution in [0.3, 0.4) is 0 Å². The summed E-state index contributed by atoms with van der Waals surface area (Å²) in [7, 11) is 0. The summed E-state index contributed by atoms with van der Waals surface area (Å²) in [5, 5.41) is 4.25. The molecule has 1 amide bonds. The number of aryl methyl sites for hydroxylation is 1. The minimum absolute atomic E-state index is 0.240. The standard InChI is InChI=1S/C15H12ClN3OS/c1-8-6-11-12(17)13(21-15(11)18-7-8)14(20)19-10-4-2-9(16)3-5-10/h2-7H,17H2,1H3,(H,19,20). The number of nitrogens with one attached hydrogen (secondary N) is 1. The molecule has 0 radical (unpaired) electrons. The molecule has 0 spiro atoms. The van der Waals surface area contributed by atoms with Gasteiger partial charge in [-0.15, -0.1) is 11.3 Å². The molecule has 21 heavy (non-hydrogen) atoms. The van der Waals surface area contributed by atoms with Crippen molar-refractivity contribution in [3.63, 3.8) is 0 Å². The van der Waals surface area contributed by atoms with Gasteiger partial charge in [0.05, 0.1) is 5.69 Å². The van der Waals surface area contributed by atoms with Gasteiger partial charge in [-0.25, -0.2) is 4.98 Å². The molecule has 0 aliphatic heterocycles. The van der Waals surface area contributed by atoms with Crippen molar-refractivity contribution in [1.29, 1.82) is 0 Å². The van der Waals surface area contributed by atoms with E-state index >= 15 is 0 Å². The first-order valence-electron chi connectivity index (χ1n) is 6.26. The van der Waals surface area contributed by atoms with E-state index in [2.05, 4.69) is 10.3 Å². The first-order valence-corrected chi connectivity index (χ1v) is 7.45. The first-order chi connectivity index (χ1) is 10.0. The van der Waals surface area contributed by atoms with Crippen LogP contribution >= 0.6 is 22.9 Å². The highest BCUT2D eigenvalue weighted by atomic mass is 35.5. The van der Waals surface area contributed by atoms with Crippen LogP contribution in [0.4, 0.5) is 11.4 Å². The second kappa shape index (κ2) is 5.35. The Kier molecular flexibility index (Phi) is 3.53. The average Bonchev–Trinajstić information content (AvgIpc) is 2.79. The van der Waals surface area contributed by atoms with Crippen LogP contribution in [0.15, 0.2) is 36.5 Å². The molecule has 0 bridgehead atoms. The molecule has 0 aliphatic rings. The number of hydrogen-bond donors (Lipinski definition) is 2. The molecule has 3 aromatic rings. The zero-order valence-electron chi connectivity index (χ0n) is 11.2. The smallest absolute Gasteiger partial charge is 0.267 e. The minimum Gasteiger partial charge on any atom is -0.397 e. The molecular formula is C15H12ClN3OS. The monoisotopic (exact) mass is 317 g/mol. The molecule has 1 aromatic carbocycles. The number of pyridine rings is 1. The van der Waals surface area contributed by atoms with Crippen molar-refractivity contribution >= 4 is 50.4 Å². The van der Waals surface area contributed by atoms with Gasteiger partial charge in [0.1, 0.15) is 9.71 Å². The number of nitrogen functional groups attached to an aromatic ring is 1. The Bertz CT molecular complexity index is 827. The van der Waals surface area contributed by atoms with Crippen molar-refractivity contribution in [3.05, 3.63) is 52.0 Å². The largest absolute Gasteiger partial charge is 0.397 e. The number of aromatic nitrogens is 1. The molecule has 0 atom stereocenters. The number of benzene rings is 1. The summed E-state index contributed by atoms with van der Waals surface area (Å²) in [5.74, 6) is -0.240. The lowest BCUT2D eigenvalue weighted by Crippen LogP contribution is -2.11. The average molecular weight is 318 g/mol. The predicted molar refractivity (Wildman–Crippen MR) is 88.2 cm³/mol. The van der Waals surface area contributed by atoms with Crippen LogP contribution in [0.2, 0.25) is 5.02 Å².